The molecule has 2 heterocycles. The lowest BCUT2D eigenvalue weighted by Gasteiger charge is -2.30. The van der Waals surface area contributed by atoms with E-state index in [9.17, 15) is 4.79 Å². The minimum Gasteiger partial charge on any atom is -0.365 e. The molecule has 5 heteroatoms. The summed E-state index contributed by atoms with van der Waals surface area (Å²) in [6.45, 7) is 5.93. The van der Waals surface area contributed by atoms with Crippen molar-refractivity contribution in [1.82, 2.24) is 10.3 Å². The molecule has 110 valence electrons. The summed E-state index contributed by atoms with van der Waals surface area (Å²) in [6, 6.07) is 2.31. The van der Waals surface area contributed by atoms with Gasteiger partial charge in [-0.2, -0.15) is 0 Å². The molecule has 2 rings (SSSR count). The van der Waals surface area contributed by atoms with Gasteiger partial charge in [0.25, 0.3) is 5.91 Å². The summed E-state index contributed by atoms with van der Waals surface area (Å²) in [5.74, 6) is 0.325. The van der Waals surface area contributed by atoms with Crippen LogP contribution in [0.25, 0.3) is 0 Å². The van der Waals surface area contributed by atoms with Crippen LogP contribution in [0.4, 0.5) is 5.82 Å². The first-order chi connectivity index (χ1) is 9.50. The Kier molecular flexibility index (Phi) is 4.60. The molecular formula is C15H24N4O. The molecule has 0 spiro atoms. The monoisotopic (exact) mass is 276 g/mol. The van der Waals surface area contributed by atoms with Crippen LogP contribution in [0.1, 0.15) is 40.9 Å². The highest BCUT2D eigenvalue weighted by Crippen LogP contribution is 2.25. The van der Waals surface area contributed by atoms with Crippen LogP contribution < -0.4 is 16.0 Å². The van der Waals surface area contributed by atoms with E-state index in [1.54, 1.807) is 0 Å². The number of rotatable bonds is 3. The van der Waals surface area contributed by atoms with E-state index in [-0.39, 0.29) is 0 Å². The lowest BCUT2D eigenvalue weighted by molar-refractivity contribution is 0.1000. The standard InChI is InChI=1S/C15H24N4O/c1-10-9-11(2)18-15(13(10)14(16)20)19(3)12-5-4-7-17-8-6-12/h9,12,17H,4-8H2,1-3H3,(H2,16,20). The number of carbonyl (C=O) groups is 1. The number of carbonyl (C=O) groups excluding carboxylic acids is 1. The van der Waals surface area contributed by atoms with Crippen molar-refractivity contribution in [3.63, 3.8) is 0 Å². The SMILES string of the molecule is Cc1cc(C)c(C(N)=O)c(N(C)C2CCCNCC2)n1. The van der Waals surface area contributed by atoms with Crippen molar-refractivity contribution in [3.8, 4) is 0 Å². The summed E-state index contributed by atoms with van der Waals surface area (Å²) >= 11 is 0. The average Bonchev–Trinajstić information content (AvgIpc) is 2.65. The molecule has 5 nitrogen and oxygen atoms in total. The van der Waals surface area contributed by atoms with Crippen molar-refractivity contribution in [3.05, 3.63) is 22.9 Å². The summed E-state index contributed by atoms with van der Waals surface area (Å²) in [5, 5.41) is 3.40. The highest BCUT2D eigenvalue weighted by atomic mass is 16.1. The predicted molar refractivity (Wildman–Crippen MR) is 81.1 cm³/mol. The van der Waals surface area contributed by atoms with E-state index in [1.165, 1.54) is 0 Å². The Balaban J connectivity index is 2.37. The molecule has 0 aromatic carbocycles. The Labute approximate surface area is 120 Å². The third-order valence-electron chi connectivity index (χ3n) is 4.00. The maximum Gasteiger partial charge on any atom is 0.252 e. The van der Waals surface area contributed by atoms with Gasteiger partial charge in [-0.1, -0.05) is 0 Å². The lowest BCUT2D eigenvalue weighted by Crippen LogP contribution is -2.35. The van der Waals surface area contributed by atoms with E-state index in [2.05, 4.69) is 15.2 Å². The normalized spacial score (nSPS) is 19.4. The zero-order valence-electron chi connectivity index (χ0n) is 12.6. The molecule has 3 N–H and O–H groups in total. The molecular weight excluding hydrogens is 252 g/mol. The minimum atomic E-state index is -0.399. The van der Waals surface area contributed by atoms with Crippen LogP contribution in [0.15, 0.2) is 6.07 Å². The number of nitrogens with one attached hydrogen (secondary N) is 1. The smallest absolute Gasteiger partial charge is 0.252 e. The third-order valence-corrected chi connectivity index (χ3v) is 4.00. The Bertz CT molecular complexity index is 493. The first kappa shape index (κ1) is 14.8. The fourth-order valence-corrected chi connectivity index (χ4v) is 2.94. The van der Waals surface area contributed by atoms with Crippen molar-refractivity contribution in [2.24, 2.45) is 5.73 Å². The van der Waals surface area contributed by atoms with E-state index >= 15 is 0 Å². The highest BCUT2D eigenvalue weighted by molar-refractivity contribution is 5.99. The topological polar surface area (TPSA) is 71.2 Å². The Morgan fingerprint density at radius 3 is 2.85 bits per heavy atom. The van der Waals surface area contributed by atoms with Gasteiger partial charge in [0, 0.05) is 18.8 Å². The molecule has 1 fully saturated rings. The zero-order chi connectivity index (χ0) is 14.7. The fourth-order valence-electron chi connectivity index (χ4n) is 2.94. The number of nitrogens with zero attached hydrogens (tertiary/aromatic N) is 2. The molecule has 1 aliphatic heterocycles. The van der Waals surface area contributed by atoms with Gasteiger partial charge in [-0.05, 0) is 57.8 Å². The third kappa shape index (κ3) is 3.10. The Morgan fingerprint density at radius 1 is 1.40 bits per heavy atom. The van der Waals surface area contributed by atoms with E-state index < -0.39 is 5.91 Å². The van der Waals surface area contributed by atoms with Crippen LogP contribution in [-0.4, -0.2) is 37.1 Å². The summed E-state index contributed by atoms with van der Waals surface area (Å²) in [5.41, 5.74) is 7.92. The van der Waals surface area contributed by atoms with Crippen molar-refractivity contribution < 1.29 is 4.79 Å². The van der Waals surface area contributed by atoms with Crippen molar-refractivity contribution in [2.45, 2.75) is 39.2 Å². The maximum atomic E-state index is 11.8. The molecule has 0 radical (unpaired) electrons. The molecule has 0 aliphatic carbocycles. The number of hydrogen-bond donors (Lipinski definition) is 2. The number of primary amides is 1. The van der Waals surface area contributed by atoms with Gasteiger partial charge >= 0.3 is 0 Å². The molecule has 20 heavy (non-hydrogen) atoms. The second-order valence-electron chi connectivity index (χ2n) is 5.59. The first-order valence-electron chi connectivity index (χ1n) is 7.22. The average molecular weight is 276 g/mol. The van der Waals surface area contributed by atoms with Gasteiger partial charge in [0.15, 0.2) is 0 Å². The molecule has 1 atom stereocenters. The van der Waals surface area contributed by atoms with Crippen molar-refractivity contribution in [1.29, 1.82) is 0 Å². The first-order valence-corrected chi connectivity index (χ1v) is 7.22. The number of anilines is 1. The number of aryl methyl sites for hydroxylation is 2. The highest BCUT2D eigenvalue weighted by Gasteiger charge is 2.23. The van der Waals surface area contributed by atoms with Gasteiger partial charge in [0.2, 0.25) is 0 Å². The van der Waals surface area contributed by atoms with Crippen LogP contribution in [0.5, 0.6) is 0 Å². The number of hydrogen-bond acceptors (Lipinski definition) is 4. The van der Waals surface area contributed by atoms with Crippen LogP contribution in [0.2, 0.25) is 0 Å². The molecule has 1 unspecified atom stereocenters. The zero-order valence-corrected chi connectivity index (χ0v) is 12.6. The van der Waals surface area contributed by atoms with Gasteiger partial charge in [0.05, 0.1) is 5.56 Å². The Morgan fingerprint density at radius 2 is 2.15 bits per heavy atom. The minimum absolute atomic E-state index is 0.399. The molecule has 1 aliphatic rings. The summed E-state index contributed by atoms with van der Waals surface area (Å²) in [7, 11) is 2.02. The van der Waals surface area contributed by atoms with Gasteiger partial charge in [-0.15, -0.1) is 0 Å². The van der Waals surface area contributed by atoms with E-state index in [4.69, 9.17) is 5.73 Å². The van der Waals surface area contributed by atoms with E-state index in [0.29, 0.717) is 11.6 Å². The van der Waals surface area contributed by atoms with Gasteiger partial charge < -0.3 is 16.0 Å². The lowest BCUT2D eigenvalue weighted by atomic mass is 10.0. The summed E-state index contributed by atoms with van der Waals surface area (Å²) in [4.78, 5) is 18.4. The van der Waals surface area contributed by atoms with Gasteiger partial charge in [-0.3, -0.25) is 4.79 Å². The second-order valence-corrected chi connectivity index (χ2v) is 5.59. The quantitative estimate of drug-likeness (QED) is 0.875. The van der Waals surface area contributed by atoms with E-state index in [1.807, 2.05) is 27.0 Å². The van der Waals surface area contributed by atoms with Crippen LogP contribution in [0.3, 0.4) is 0 Å². The molecule has 1 aromatic heterocycles. The molecule has 1 aromatic rings. The largest absolute Gasteiger partial charge is 0.365 e. The van der Waals surface area contributed by atoms with Crippen molar-refractivity contribution in [2.75, 3.05) is 25.0 Å². The Hall–Kier alpha value is -1.62. The second kappa shape index (κ2) is 6.22. The van der Waals surface area contributed by atoms with E-state index in [0.717, 1.165) is 49.4 Å². The van der Waals surface area contributed by atoms with Crippen LogP contribution in [0, 0.1) is 13.8 Å². The molecule has 1 saturated heterocycles. The number of pyridine rings is 1. The molecule has 0 saturated carbocycles. The summed E-state index contributed by atoms with van der Waals surface area (Å²) < 4.78 is 0. The van der Waals surface area contributed by atoms with Crippen molar-refractivity contribution >= 4 is 11.7 Å². The van der Waals surface area contributed by atoms with Crippen LogP contribution in [-0.2, 0) is 0 Å². The molecule has 1 amide bonds. The summed E-state index contributed by atoms with van der Waals surface area (Å²) in [6.07, 6.45) is 3.31. The predicted octanol–water partition coefficient (Wildman–Crippen LogP) is 1.38. The molecule has 0 bridgehead atoms. The van der Waals surface area contributed by atoms with Crippen LogP contribution >= 0.6 is 0 Å². The fraction of sp³-hybridized carbons (Fsp3) is 0.600. The van der Waals surface area contributed by atoms with Gasteiger partial charge in [0.1, 0.15) is 5.82 Å². The maximum absolute atomic E-state index is 11.8. The van der Waals surface area contributed by atoms with Gasteiger partial charge in [-0.25, -0.2) is 4.98 Å². The number of nitrogens with two attached hydrogens (primary N) is 1. The number of aromatic nitrogens is 1. The number of amides is 1.